The Bertz CT molecular complexity index is 881. The Labute approximate surface area is 181 Å². The predicted octanol–water partition coefficient (Wildman–Crippen LogP) is 0.294. The molecular weight excluding hydrogens is 402 g/mol. The average Bonchev–Trinajstić information content (AvgIpc) is 2.97. The maximum absolute atomic E-state index is 13.0. The molecule has 2 saturated heterocycles. The second-order valence-corrected chi connectivity index (χ2v) is 8.22. The lowest BCUT2D eigenvalue weighted by molar-refractivity contribution is -0.140. The summed E-state index contributed by atoms with van der Waals surface area (Å²) in [6.07, 6.45) is 0. The molecule has 0 radical (unpaired) electrons. The molecule has 10 nitrogen and oxygen atoms in total. The molecule has 5 amide bonds. The van der Waals surface area contributed by atoms with E-state index in [1.807, 2.05) is 18.7 Å². The first-order chi connectivity index (χ1) is 14.7. The second kappa shape index (κ2) is 8.93. The van der Waals surface area contributed by atoms with Crippen molar-refractivity contribution in [3.63, 3.8) is 0 Å². The number of rotatable bonds is 6. The molecule has 1 atom stereocenters. The lowest BCUT2D eigenvalue weighted by atomic mass is 9.92. The quantitative estimate of drug-likeness (QED) is 0.627. The van der Waals surface area contributed by atoms with Crippen molar-refractivity contribution >= 4 is 23.8 Å². The first-order valence-electron chi connectivity index (χ1n) is 10.3. The Hall–Kier alpha value is -3.14. The third-order valence-electron chi connectivity index (χ3n) is 5.62. The van der Waals surface area contributed by atoms with Crippen LogP contribution in [0.25, 0.3) is 0 Å². The predicted molar refractivity (Wildman–Crippen MR) is 112 cm³/mol. The second-order valence-electron chi connectivity index (χ2n) is 8.22. The van der Waals surface area contributed by atoms with E-state index >= 15 is 0 Å². The minimum atomic E-state index is -1.32. The summed E-state index contributed by atoms with van der Waals surface area (Å²) in [5, 5.41) is 3.37. The summed E-state index contributed by atoms with van der Waals surface area (Å²) in [6.45, 7) is 7.51. The van der Waals surface area contributed by atoms with Crippen LogP contribution in [0.3, 0.4) is 0 Å². The van der Waals surface area contributed by atoms with E-state index in [0.717, 1.165) is 5.01 Å². The van der Waals surface area contributed by atoms with Gasteiger partial charge in [-0.3, -0.25) is 24.7 Å². The zero-order chi connectivity index (χ0) is 22.8. The van der Waals surface area contributed by atoms with Crippen LogP contribution in [-0.2, 0) is 19.9 Å². The van der Waals surface area contributed by atoms with E-state index in [0.29, 0.717) is 37.5 Å². The number of carbonyl (C=O) groups is 4. The van der Waals surface area contributed by atoms with Crippen LogP contribution < -0.4 is 15.5 Å². The largest absolute Gasteiger partial charge is 0.497 e. The first-order valence-corrected chi connectivity index (χ1v) is 10.3. The Morgan fingerprint density at radius 3 is 2.48 bits per heavy atom. The van der Waals surface area contributed by atoms with Crippen LogP contribution in [0.4, 0.5) is 4.79 Å². The van der Waals surface area contributed by atoms with Crippen molar-refractivity contribution in [1.29, 1.82) is 0 Å². The smallest absolute Gasteiger partial charge is 0.344 e. The summed E-state index contributed by atoms with van der Waals surface area (Å²) in [7, 11) is 1.52. The lowest BCUT2D eigenvalue weighted by Gasteiger charge is -2.35. The van der Waals surface area contributed by atoms with E-state index in [2.05, 4.69) is 10.7 Å². The summed E-state index contributed by atoms with van der Waals surface area (Å²) in [6, 6.07) is 6.15. The van der Waals surface area contributed by atoms with E-state index in [9.17, 15) is 19.2 Å². The molecular formula is C21H29N5O5. The van der Waals surface area contributed by atoms with Gasteiger partial charge in [-0.25, -0.2) is 4.79 Å². The van der Waals surface area contributed by atoms with Crippen LogP contribution in [0.5, 0.6) is 5.75 Å². The minimum Gasteiger partial charge on any atom is -0.497 e. The van der Waals surface area contributed by atoms with Crippen LogP contribution in [0.15, 0.2) is 24.3 Å². The molecule has 2 aliphatic rings. The molecule has 2 fully saturated rings. The highest BCUT2D eigenvalue weighted by Gasteiger charge is 2.50. The summed E-state index contributed by atoms with van der Waals surface area (Å²) < 4.78 is 5.20. The van der Waals surface area contributed by atoms with Gasteiger partial charge in [0, 0.05) is 32.1 Å². The third-order valence-corrected chi connectivity index (χ3v) is 5.62. The van der Waals surface area contributed by atoms with Crippen molar-refractivity contribution in [1.82, 2.24) is 25.6 Å². The van der Waals surface area contributed by atoms with Crippen molar-refractivity contribution in [3.05, 3.63) is 29.8 Å². The van der Waals surface area contributed by atoms with Gasteiger partial charge in [-0.05, 0) is 24.6 Å². The Morgan fingerprint density at radius 1 is 1.19 bits per heavy atom. The molecule has 0 saturated carbocycles. The van der Waals surface area contributed by atoms with Gasteiger partial charge in [0.25, 0.3) is 11.8 Å². The number of carbonyl (C=O) groups excluding carboxylic acids is 4. The fourth-order valence-electron chi connectivity index (χ4n) is 3.73. The number of ether oxygens (including phenoxy) is 1. The average molecular weight is 431 g/mol. The fourth-order valence-corrected chi connectivity index (χ4v) is 3.73. The molecule has 3 rings (SSSR count). The molecule has 10 heteroatoms. The zero-order valence-electron chi connectivity index (χ0n) is 18.3. The molecule has 0 spiro atoms. The van der Waals surface area contributed by atoms with E-state index in [1.54, 1.807) is 36.1 Å². The maximum atomic E-state index is 13.0. The van der Waals surface area contributed by atoms with Crippen LogP contribution in [0, 0.1) is 5.92 Å². The van der Waals surface area contributed by atoms with E-state index in [4.69, 9.17) is 4.74 Å². The van der Waals surface area contributed by atoms with Crippen molar-refractivity contribution in [3.8, 4) is 5.75 Å². The number of nitrogens with one attached hydrogen (secondary N) is 2. The number of nitrogens with zero attached hydrogens (tertiary/aromatic N) is 3. The van der Waals surface area contributed by atoms with E-state index in [-0.39, 0.29) is 18.4 Å². The van der Waals surface area contributed by atoms with Gasteiger partial charge in [0.1, 0.15) is 11.3 Å². The normalized spacial score (nSPS) is 22.0. The molecule has 168 valence electrons. The van der Waals surface area contributed by atoms with Crippen LogP contribution in [0.1, 0.15) is 26.3 Å². The van der Waals surface area contributed by atoms with Gasteiger partial charge in [-0.2, -0.15) is 5.01 Å². The van der Waals surface area contributed by atoms with Crippen molar-refractivity contribution in [2.45, 2.75) is 26.3 Å². The molecule has 2 aliphatic heterocycles. The minimum absolute atomic E-state index is 0.0244. The summed E-state index contributed by atoms with van der Waals surface area (Å²) in [5.41, 5.74) is 1.64. The van der Waals surface area contributed by atoms with E-state index < -0.39 is 23.4 Å². The number of urea groups is 1. The molecule has 0 aromatic heterocycles. The number of hydrogen-bond acceptors (Lipinski definition) is 6. The van der Waals surface area contributed by atoms with Crippen molar-refractivity contribution in [2.24, 2.45) is 5.92 Å². The van der Waals surface area contributed by atoms with Crippen LogP contribution in [-0.4, -0.2) is 78.4 Å². The Kier molecular flexibility index (Phi) is 6.49. The molecule has 2 N–H and O–H groups in total. The first kappa shape index (κ1) is 22.5. The van der Waals surface area contributed by atoms with Crippen molar-refractivity contribution in [2.75, 3.05) is 39.8 Å². The van der Waals surface area contributed by atoms with Crippen LogP contribution in [0.2, 0.25) is 0 Å². The highest BCUT2D eigenvalue weighted by Crippen LogP contribution is 2.30. The van der Waals surface area contributed by atoms with Gasteiger partial charge in [-0.1, -0.05) is 26.0 Å². The lowest BCUT2D eigenvalue weighted by Crippen LogP contribution is -2.54. The number of hydrazine groups is 1. The van der Waals surface area contributed by atoms with Gasteiger partial charge < -0.3 is 15.0 Å². The highest BCUT2D eigenvalue weighted by molar-refractivity contribution is 6.08. The Morgan fingerprint density at radius 2 is 1.87 bits per heavy atom. The summed E-state index contributed by atoms with van der Waals surface area (Å²) in [4.78, 5) is 53.7. The number of benzene rings is 1. The SMILES string of the molecule is COc1cccc(C2(C)NC(=O)N(NC(=O)CN3CCN(C(=O)C(C)C)CC3)C2=O)c1. The monoisotopic (exact) mass is 431 g/mol. The molecule has 1 aromatic carbocycles. The molecule has 0 bridgehead atoms. The molecule has 1 aromatic rings. The van der Waals surface area contributed by atoms with Gasteiger partial charge in [0.2, 0.25) is 5.91 Å². The number of methoxy groups -OCH3 is 1. The third kappa shape index (κ3) is 4.63. The van der Waals surface area contributed by atoms with Gasteiger partial charge >= 0.3 is 6.03 Å². The summed E-state index contributed by atoms with van der Waals surface area (Å²) >= 11 is 0. The Balaban J connectivity index is 1.59. The van der Waals surface area contributed by atoms with Crippen LogP contribution >= 0.6 is 0 Å². The maximum Gasteiger partial charge on any atom is 0.344 e. The number of amides is 5. The molecule has 1 unspecified atom stereocenters. The van der Waals surface area contributed by atoms with Gasteiger partial charge in [0.15, 0.2) is 0 Å². The zero-order valence-corrected chi connectivity index (χ0v) is 18.3. The van der Waals surface area contributed by atoms with Gasteiger partial charge in [-0.15, -0.1) is 0 Å². The number of hydrogen-bond donors (Lipinski definition) is 2. The van der Waals surface area contributed by atoms with Crippen molar-refractivity contribution < 1.29 is 23.9 Å². The molecule has 0 aliphatic carbocycles. The van der Waals surface area contributed by atoms with Gasteiger partial charge in [0.05, 0.1) is 13.7 Å². The molecule has 31 heavy (non-hydrogen) atoms. The fraction of sp³-hybridized carbons (Fsp3) is 0.524. The van der Waals surface area contributed by atoms with E-state index in [1.165, 1.54) is 7.11 Å². The number of imide groups is 1. The highest BCUT2D eigenvalue weighted by atomic mass is 16.5. The molecule has 2 heterocycles. The summed E-state index contributed by atoms with van der Waals surface area (Å²) in [5.74, 6) is -0.458. The topological polar surface area (TPSA) is 111 Å². The standard InChI is InChI=1S/C21H29N5O5/c1-14(2)18(28)25-10-8-24(9-11-25)13-17(27)23-26-19(29)21(3,22-20(26)30)15-6-5-7-16(12-15)31-4/h5-7,12,14H,8-11,13H2,1-4H3,(H,22,30)(H,23,27). The number of piperazine rings is 1.